The van der Waals surface area contributed by atoms with Gasteiger partial charge in [0, 0.05) is 0 Å². The molecular formula is C15H7Cl3N2O. The molecule has 6 heteroatoms. The number of rotatable bonds is 2. The third kappa shape index (κ3) is 2.91. The number of hydrogen-bond donors (Lipinski definition) is 0. The zero-order valence-electron chi connectivity index (χ0n) is 10.7. The molecule has 0 amide bonds. The average molecular weight is 338 g/mol. The Hall–Kier alpha value is -1.91. The van der Waals surface area contributed by atoms with Crippen LogP contribution in [0.5, 0.6) is 11.5 Å². The molecule has 2 aromatic carbocycles. The molecule has 3 nitrogen and oxygen atoms in total. The Morgan fingerprint density at radius 1 is 0.952 bits per heavy atom. The molecule has 0 aliphatic heterocycles. The van der Waals surface area contributed by atoms with Crippen LogP contribution in [0.3, 0.4) is 0 Å². The second-order valence-corrected chi connectivity index (χ2v) is 5.30. The maximum absolute atomic E-state index is 9.14. The lowest BCUT2D eigenvalue weighted by molar-refractivity contribution is 0.482. The Morgan fingerprint density at radius 3 is 2.14 bits per heavy atom. The molecule has 0 saturated carbocycles. The first-order valence-electron chi connectivity index (χ1n) is 5.74. The molecule has 0 atom stereocenters. The van der Waals surface area contributed by atoms with Gasteiger partial charge in [0.2, 0.25) is 0 Å². The van der Waals surface area contributed by atoms with Crippen LogP contribution in [-0.2, 0) is 0 Å². The number of hydrogen-bond acceptors (Lipinski definition) is 3. The summed E-state index contributed by atoms with van der Waals surface area (Å²) in [5, 5.41) is 18.1. The van der Waals surface area contributed by atoms with E-state index in [0.29, 0.717) is 5.75 Å². The molecule has 0 saturated heterocycles. The van der Waals surface area contributed by atoms with Gasteiger partial charge >= 0.3 is 0 Å². The van der Waals surface area contributed by atoms with Gasteiger partial charge in [-0.15, -0.1) is 0 Å². The lowest BCUT2D eigenvalue weighted by atomic mass is 10.1. The van der Waals surface area contributed by atoms with Crippen LogP contribution in [0.15, 0.2) is 24.3 Å². The average Bonchev–Trinajstić information content (AvgIpc) is 2.47. The Morgan fingerprint density at radius 2 is 1.57 bits per heavy atom. The Kier molecular flexibility index (Phi) is 4.60. The van der Waals surface area contributed by atoms with E-state index < -0.39 is 0 Å². The van der Waals surface area contributed by atoms with E-state index in [1.165, 1.54) is 0 Å². The van der Waals surface area contributed by atoms with Gasteiger partial charge in [-0.3, -0.25) is 0 Å². The van der Waals surface area contributed by atoms with Crippen LogP contribution in [0.25, 0.3) is 0 Å². The predicted octanol–water partition coefficient (Wildman–Crippen LogP) is 5.49. The smallest absolute Gasteiger partial charge is 0.167 e. The standard InChI is InChI=1S/C15H7Cl3N2O/c1-8-3-2-4-9(5-8)21-15-13(17)11(7-20)10(6-19)12(16)14(15)18/h2-5H,1H3. The highest BCUT2D eigenvalue weighted by Gasteiger charge is 2.23. The molecule has 21 heavy (non-hydrogen) atoms. The lowest BCUT2D eigenvalue weighted by Gasteiger charge is -2.13. The monoisotopic (exact) mass is 336 g/mol. The van der Waals surface area contributed by atoms with Crippen LogP contribution in [0.4, 0.5) is 0 Å². The lowest BCUT2D eigenvalue weighted by Crippen LogP contribution is -1.95. The van der Waals surface area contributed by atoms with Crippen molar-refractivity contribution in [3.05, 3.63) is 56.0 Å². The number of nitriles is 2. The topological polar surface area (TPSA) is 56.8 Å². The molecule has 0 bridgehead atoms. The molecule has 0 spiro atoms. The van der Waals surface area contributed by atoms with Crippen molar-refractivity contribution in [1.82, 2.24) is 0 Å². The Bertz CT molecular complexity index is 804. The van der Waals surface area contributed by atoms with Crippen molar-refractivity contribution in [2.45, 2.75) is 6.92 Å². The summed E-state index contributed by atoms with van der Waals surface area (Å²) in [6, 6.07) is 10.9. The summed E-state index contributed by atoms with van der Waals surface area (Å²) < 4.78 is 5.63. The van der Waals surface area contributed by atoms with E-state index in [0.717, 1.165) is 5.56 Å². The van der Waals surface area contributed by atoms with Crippen LogP contribution in [-0.4, -0.2) is 0 Å². The fourth-order valence-corrected chi connectivity index (χ4v) is 2.50. The molecule has 0 aromatic heterocycles. The number of nitrogens with zero attached hydrogens (tertiary/aromatic N) is 2. The molecule has 0 radical (unpaired) electrons. The first kappa shape index (κ1) is 15.5. The second kappa shape index (κ2) is 6.24. The van der Waals surface area contributed by atoms with Gasteiger partial charge in [-0.1, -0.05) is 46.9 Å². The van der Waals surface area contributed by atoms with E-state index in [2.05, 4.69) is 0 Å². The summed E-state index contributed by atoms with van der Waals surface area (Å²) in [6.45, 7) is 1.91. The number of benzene rings is 2. The summed E-state index contributed by atoms with van der Waals surface area (Å²) in [4.78, 5) is 0. The second-order valence-electron chi connectivity index (χ2n) is 4.16. The zero-order valence-corrected chi connectivity index (χ0v) is 13.0. The highest BCUT2D eigenvalue weighted by atomic mass is 35.5. The van der Waals surface area contributed by atoms with Crippen molar-refractivity contribution in [2.24, 2.45) is 0 Å². The highest BCUT2D eigenvalue weighted by molar-refractivity contribution is 6.46. The summed E-state index contributed by atoms with van der Waals surface area (Å²) >= 11 is 18.2. The third-order valence-corrected chi connectivity index (χ3v) is 3.91. The van der Waals surface area contributed by atoms with Crippen LogP contribution in [0.2, 0.25) is 15.1 Å². The van der Waals surface area contributed by atoms with E-state index in [1.807, 2.05) is 31.2 Å². The van der Waals surface area contributed by atoms with Crippen LogP contribution >= 0.6 is 34.8 Å². The fraction of sp³-hybridized carbons (Fsp3) is 0.0667. The van der Waals surface area contributed by atoms with Gasteiger partial charge in [-0.05, 0) is 24.6 Å². The van der Waals surface area contributed by atoms with Crippen LogP contribution < -0.4 is 4.74 Å². The van der Waals surface area contributed by atoms with E-state index >= 15 is 0 Å². The molecule has 0 aliphatic carbocycles. The number of aryl methyl sites for hydroxylation is 1. The van der Waals surface area contributed by atoms with Crippen molar-refractivity contribution in [3.8, 4) is 23.6 Å². The molecule has 0 heterocycles. The molecule has 0 fully saturated rings. The van der Waals surface area contributed by atoms with E-state index in [1.54, 1.807) is 12.1 Å². The minimum Gasteiger partial charge on any atom is -0.454 e. The molecule has 104 valence electrons. The molecule has 0 N–H and O–H groups in total. The van der Waals surface area contributed by atoms with Gasteiger partial charge in [0.05, 0.1) is 16.1 Å². The number of ether oxygens (including phenoxy) is 1. The van der Waals surface area contributed by atoms with E-state index in [4.69, 9.17) is 50.1 Å². The summed E-state index contributed by atoms with van der Waals surface area (Å²) in [5.74, 6) is 0.563. The molecule has 0 unspecified atom stereocenters. The molecule has 2 rings (SSSR count). The molecule has 2 aromatic rings. The molecular weight excluding hydrogens is 331 g/mol. The van der Waals surface area contributed by atoms with Gasteiger partial charge in [0.25, 0.3) is 0 Å². The van der Waals surface area contributed by atoms with Crippen molar-refractivity contribution >= 4 is 34.8 Å². The third-order valence-electron chi connectivity index (χ3n) is 2.71. The minimum absolute atomic E-state index is 0.00118. The van der Waals surface area contributed by atoms with Gasteiger partial charge in [0.1, 0.15) is 27.9 Å². The fourth-order valence-electron chi connectivity index (χ4n) is 1.74. The van der Waals surface area contributed by atoms with Crippen LogP contribution in [0, 0.1) is 29.6 Å². The molecule has 0 aliphatic rings. The SMILES string of the molecule is Cc1cccc(Oc2c(Cl)c(Cl)c(C#N)c(C#N)c2Cl)c1. The summed E-state index contributed by atoms with van der Waals surface area (Å²) in [5.41, 5.74) is 0.863. The van der Waals surface area contributed by atoms with E-state index in [-0.39, 0.29) is 31.9 Å². The van der Waals surface area contributed by atoms with Crippen molar-refractivity contribution in [1.29, 1.82) is 10.5 Å². The Labute approximate surface area is 136 Å². The van der Waals surface area contributed by atoms with Crippen molar-refractivity contribution in [2.75, 3.05) is 0 Å². The maximum Gasteiger partial charge on any atom is 0.167 e. The Balaban J connectivity index is 2.63. The first-order chi connectivity index (χ1) is 9.99. The maximum atomic E-state index is 9.14. The highest BCUT2D eigenvalue weighted by Crippen LogP contribution is 2.45. The predicted molar refractivity (Wildman–Crippen MR) is 82.2 cm³/mol. The first-order valence-corrected chi connectivity index (χ1v) is 6.88. The van der Waals surface area contributed by atoms with E-state index in [9.17, 15) is 0 Å². The van der Waals surface area contributed by atoms with Crippen LogP contribution in [0.1, 0.15) is 16.7 Å². The van der Waals surface area contributed by atoms with Gasteiger partial charge in [0.15, 0.2) is 5.75 Å². The van der Waals surface area contributed by atoms with Crippen molar-refractivity contribution < 1.29 is 4.74 Å². The zero-order chi connectivity index (χ0) is 15.6. The van der Waals surface area contributed by atoms with Gasteiger partial charge in [-0.25, -0.2) is 0 Å². The minimum atomic E-state index is -0.0641. The van der Waals surface area contributed by atoms with Gasteiger partial charge < -0.3 is 4.74 Å². The number of halogens is 3. The quantitative estimate of drug-likeness (QED) is 0.681. The summed E-state index contributed by atoms with van der Waals surface area (Å²) in [6.07, 6.45) is 0. The van der Waals surface area contributed by atoms with Crippen molar-refractivity contribution in [3.63, 3.8) is 0 Å². The largest absolute Gasteiger partial charge is 0.454 e. The van der Waals surface area contributed by atoms with Gasteiger partial charge in [-0.2, -0.15) is 10.5 Å². The summed E-state index contributed by atoms with van der Waals surface area (Å²) in [7, 11) is 0. The normalized spacial score (nSPS) is 9.81.